The fourth-order valence-corrected chi connectivity index (χ4v) is 2.38. The lowest BCUT2D eigenvalue weighted by Gasteiger charge is -2.21. The van der Waals surface area contributed by atoms with E-state index in [4.69, 9.17) is 14.7 Å². The van der Waals surface area contributed by atoms with E-state index in [-0.39, 0.29) is 6.54 Å². The topological polar surface area (TPSA) is 71.0 Å². The summed E-state index contributed by atoms with van der Waals surface area (Å²) < 4.78 is 10.3. The Morgan fingerprint density at radius 3 is 1.67 bits per heavy atom. The van der Waals surface area contributed by atoms with Gasteiger partial charge in [0.15, 0.2) is 0 Å². The van der Waals surface area contributed by atoms with Gasteiger partial charge in [-0.25, -0.2) is 5.48 Å². The third-order valence-corrected chi connectivity index (χ3v) is 3.62. The molecule has 0 radical (unpaired) electrons. The van der Waals surface area contributed by atoms with Crippen molar-refractivity contribution in [3.05, 3.63) is 59.7 Å². The third kappa shape index (κ3) is 5.26. The van der Waals surface area contributed by atoms with Crippen molar-refractivity contribution in [2.75, 3.05) is 20.8 Å². The van der Waals surface area contributed by atoms with E-state index in [0.717, 1.165) is 22.6 Å². The van der Waals surface area contributed by atoms with Gasteiger partial charge < -0.3 is 9.47 Å². The molecule has 0 aromatic heterocycles. The van der Waals surface area contributed by atoms with E-state index >= 15 is 0 Å². The van der Waals surface area contributed by atoms with Crippen molar-refractivity contribution in [3.8, 4) is 11.5 Å². The molecule has 0 fully saturated rings. The second-order valence-corrected chi connectivity index (χ2v) is 5.38. The van der Waals surface area contributed by atoms with Gasteiger partial charge in [-0.05, 0) is 35.4 Å². The van der Waals surface area contributed by atoms with Crippen molar-refractivity contribution in [1.82, 2.24) is 10.4 Å². The van der Waals surface area contributed by atoms with Crippen LogP contribution in [0.4, 0.5) is 0 Å². The van der Waals surface area contributed by atoms with Gasteiger partial charge >= 0.3 is 0 Å². The summed E-state index contributed by atoms with van der Waals surface area (Å²) in [5, 5.41) is 8.79. The van der Waals surface area contributed by atoms with Crippen LogP contribution in [0.25, 0.3) is 0 Å². The Balaban J connectivity index is 2.08. The highest BCUT2D eigenvalue weighted by Gasteiger charge is 2.12. The number of hydroxylamine groups is 1. The fourth-order valence-electron chi connectivity index (χ4n) is 2.38. The molecule has 0 heterocycles. The number of nitrogens with one attached hydrogen (secondary N) is 1. The number of carbonyl (C=O) groups excluding carboxylic acids is 1. The molecule has 2 aromatic carbocycles. The molecule has 0 bridgehead atoms. The molecule has 6 heteroatoms. The second-order valence-electron chi connectivity index (χ2n) is 5.38. The van der Waals surface area contributed by atoms with Gasteiger partial charge in [0.25, 0.3) is 5.91 Å². The molecule has 0 aliphatic heterocycles. The van der Waals surface area contributed by atoms with Crippen molar-refractivity contribution < 1.29 is 19.5 Å². The molecule has 2 rings (SSSR count). The van der Waals surface area contributed by atoms with Gasteiger partial charge in [-0.2, -0.15) is 0 Å². The maximum atomic E-state index is 11.6. The average Bonchev–Trinajstić information content (AvgIpc) is 2.62. The number of benzene rings is 2. The van der Waals surface area contributed by atoms with E-state index in [1.165, 1.54) is 0 Å². The number of hydrogen-bond donors (Lipinski definition) is 2. The van der Waals surface area contributed by atoms with E-state index in [0.29, 0.717) is 13.1 Å². The number of carbonyl (C=O) groups is 1. The third-order valence-electron chi connectivity index (χ3n) is 3.62. The molecule has 1 amide bonds. The first-order valence-corrected chi connectivity index (χ1v) is 7.55. The highest BCUT2D eigenvalue weighted by Crippen LogP contribution is 2.16. The van der Waals surface area contributed by atoms with Gasteiger partial charge in [-0.3, -0.25) is 14.9 Å². The molecule has 0 aliphatic carbocycles. The summed E-state index contributed by atoms with van der Waals surface area (Å²) in [5.41, 5.74) is 3.78. The van der Waals surface area contributed by atoms with Crippen LogP contribution in [0.3, 0.4) is 0 Å². The van der Waals surface area contributed by atoms with Crippen LogP contribution in [0.15, 0.2) is 48.5 Å². The van der Waals surface area contributed by atoms with Crippen molar-refractivity contribution >= 4 is 5.91 Å². The molecule has 0 saturated heterocycles. The fraction of sp³-hybridized carbons (Fsp3) is 0.278. The minimum atomic E-state index is -0.447. The number of nitrogens with zero attached hydrogens (tertiary/aromatic N) is 1. The summed E-state index contributed by atoms with van der Waals surface area (Å²) in [5.74, 6) is 1.12. The Bertz CT molecular complexity index is 592. The monoisotopic (exact) mass is 330 g/mol. The standard InChI is InChI=1S/C18H22N2O4/c1-23-16-7-3-14(4-8-16)11-20(13-18(21)19-22)12-15-5-9-17(24-2)10-6-15/h3-10,22H,11-13H2,1-2H3,(H,19,21). The van der Waals surface area contributed by atoms with Crippen LogP contribution in [-0.2, 0) is 17.9 Å². The molecule has 0 unspecified atom stereocenters. The lowest BCUT2D eigenvalue weighted by Crippen LogP contribution is -2.35. The van der Waals surface area contributed by atoms with Crippen LogP contribution in [0.2, 0.25) is 0 Å². The zero-order valence-corrected chi connectivity index (χ0v) is 13.9. The molecule has 0 atom stereocenters. The summed E-state index contributed by atoms with van der Waals surface area (Å²) in [6, 6.07) is 15.3. The van der Waals surface area contributed by atoms with Crippen molar-refractivity contribution in [2.24, 2.45) is 0 Å². The molecule has 0 saturated carbocycles. The lowest BCUT2D eigenvalue weighted by atomic mass is 10.1. The van der Waals surface area contributed by atoms with E-state index in [2.05, 4.69) is 0 Å². The highest BCUT2D eigenvalue weighted by atomic mass is 16.5. The van der Waals surface area contributed by atoms with Crippen LogP contribution < -0.4 is 15.0 Å². The Morgan fingerprint density at radius 1 is 0.917 bits per heavy atom. The van der Waals surface area contributed by atoms with E-state index in [1.807, 2.05) is 53.4 Å². The summed E-state index contributed by atoms with van der Waals surface area (Å²) in [7, 11) is 3.24. The maximum Gasteiger partial charge on any atom is 0.257 e. The number of ether oxygens (including phenoxy) is 2. The number of methoxy groups -OCH3 is 2. The maximum absolute atomic E-state index is 11.6. The largest absolute Gasteiger partial charge is 0.497 e. The predicted molar refractivity (Wildman–Crippen MR) is 90.0 cm³/mol. The number of rotatable bonds is 8. The summed E-state index contributed by atoms with van der Waals surface area (Å²) in [6.07, 6.45) is 0. The summed E-state index contributed by atoms with van der Waals surface area (Å²) in [4.78, 5) is 13.5. The Morgan fingerprint density at radius 2 is 1.33 bits per heavy atom. The number of hydrogen-bond acceptors (Lipinski definition) is 5. The van der Waals surface area contributed by atoms with E-state index in [9.17, 15) is 4.79 Å². The molecule has 2 aromatic rings. The zero-order valence-electron chi connectivity index (χ0n) is 13.9. The Labute approximate surface area is 141 Å². The van der Waals surface area contributed by atoms with Crippen LogP contribution in [0.1, 0.15) is 11.1 Å². The smallest absolute Gasteiger partial charge is 0.257 e. The van der Waals surface area contributed by atoms with Gasteiger partial charge in [-0.1, -0.05) is 24.3 Å². The van der Waals surface area contributed by atoms with Gasteiger partial charge in [-0.15, -0.1) is 0 Å². The van der Waals surface area contributed by atoms with Crippen molar-refractivity contribution in [3.63, 3.8) is 0 Å². The van der Waals surface area contributed by atoms with Crippen LogP contribution in [0, 0.1) is 0 Å². The van der Waals surface area contributed by atoms with Crippen LogP contribution >= 0.6 is 0 Å². The van der Waals surface area contributed by atoms with Gasteiger partial charge in [0.2, 0.25) is 0 Å². The highest BCUT2D eigenvalue weighted by molar-refractivity contribution is 5.76. The number of amides is 1. The Kier molecular flexibility index (Phi) is 6.60. The molecule has 0 spiro atoms. The summed E-state index contributed by atoms with van der Waals surface area (Å²) in [6.45, 7) is 1.24. The molecular formula is C18H22N2O4. The molecule has 24 heavy (non-hydrogen) atoms. The first-order valence-electron chi connectivity index (χ1n) is 7.55. The quantitative estimate of drug-likeness (QED) is 0.574. The second kappa shape index (κ2) is 8.90. The van der Waals surface area contributed by atoms with E-state index in [1.54, 1.807) is 19.7 Å². The van der Waals surface area contributed by atoms with Gasteiger partial charge in [0.05, 0.1) is 20.8 Å². The summed E-state index contributed by atoms with van der Waals surface area (Å²) >= 11 is 0. The van der Waals surface area contributed by atoms with Gasteiger partial charge in [0, 0.05) is 13.1 Å². The SMILES string of the molecule is COc1ccc(CN(CC(=O)NO)Cc2ccc(OC)cc2)cc1. The van der Waals surface area contributed by atoms with Crippen LogP contribution in [-0.4, -0.2) is 36.8 Å². The van der Waals surface area contributed by atoms with Crippen LogP contribution in [0.5, 0.6) is 11.5 Å². The first-order chi connectivity index (χ1) is 11.6. The molecule has 6 nitrogen and oxygen atoms in total. The van der Waals surface area contributed by atoms with E-state index < -0.39 is 5.91 Å². The minimum absolute atomic E-state index is 0.0918. The van der Waals surface area contributed by atoms with Crippen molar-refractivity contribution in [1.29, 1.82) is 0 Å². The molecule has 128 valence electrons. The lowest BCUT2D eigenvalue weighted by molar-refractivity contribution is -0.130. The molecule has 2 N–H and O–H groups in total. The Hall–Kier alpha value is -2.57. The van der Waals surface area contributed by atoms with Crippen molar-refractivity contribution in [2.45, 2.75) is 13.1 Å². The first kappa shape index (κ1) is 17.8. The minimum Gasteiger partial charge on any atom is -0.497 e. The predicted octanol–water partition coefficient (Wildman–Crippen LogP) is 2.21. The molecule has 0 aliphatic rings. The normalized spacial score (nSPS) is 10.5. The average molecular weight is 330 g/mol. The molecular weight excluding hydrogens is 308 g/mol. The zero-order chi connectivity index (χ0) is 17.4. The van der Waals surface area contributed by atoms with Gasteiger partial charge in [0.1, 0.15) is 11.5 Å².